The highest BCUT2D eigenvalue weighted by molar-refractivity contribution is 7.09. The predicted molar refractivity (Wildman–Crippen MR) is 106 cm³/mol. The van der Waals surface area contributed by atoms with E-state index in [9.17, 15) is 4.79 Å². The van der Waals surface area contributed by atoms with E-state index >= 15 is 0 Å². The first-order valence-electron chi connectivity index (χ1n) is 8.69. The number of ether oxygens (including phenoxy) is 2. The second-order valence-electron chi connectivity index (χ2n) is 6.60. The van der Waals surface area contributed by atoms with E-state index in [2.05, 4.69) is 6.07 Å². The number of carbonyl (C=O) groups is 1. The summed E-state index contributed by atoms with van der Waals surface area (Å²) in [7, 11) is 0. The van der Waals surface area contributed by atoms with Crippen LogP contribution >= 0.6 is 23.7 Å². The maximum atomic E-state index is 13.2. The van der Waals surface area contributed by atoms with E-state index in [1.54, 1.807) is 11.3 Å². The first-order chi connectivity index (χ1) is 12.2. The smallest absolute Gasteiger partial charge is 0.230 e. The normalized spacial score (nSPS) is 21.1. The van der Waals surface area contributed by atoms with Crippen LogP contribution in [0.1, 0.15) is 24.1 Å². The van der Waals surface area contributed by atoms with Crippen molar-refractivity contribution in [1.29, 1.82) is 0 Å². The van der Waals surface area contributed by atoms with Gasteiger partial charge in [0, 0.05) is 28.6 Å². The molecule has 2 heterocycles. The van der Waals surface area contributed by atoms with Gasteiger partial charge in [-0.2, -0.15) is 0 Å². The maximum absolute atomic E-state index is 13.2. The molecule has 2 aliphatic rings. The zero-order valence-corrected chi connectivity index (χ0v) is 16.1. The molecule has 5 nitrogen and oxygen atoms in total. The molecular weight excluding hydrogens is 372 g/mol. The lowest BCUT2D eigenvalue weighted by atomic mass is 10.1. The van der Waals surface area contributed by atoms with Crippen molar-refractivity contribution >= 4 is 35.3 Å². The molecule has 2 aromatic rings. The van der Waals surface area contributed by atoms with Crippen LogP contribution in [0.15, 0.2) is 35.7 Å². The second kappa shape index (κ2) is 8.29. The molecule has 140 valence electrons. The second-order valence-corrected chi connectivity index (χ2v) is 7.63. The van der Waals surface area contributed by atoms with E-state index in [4.69, 9.17) is 15.2 Å². The number of anilines is 1. The molecule has 1 fully saturated rings. The molecule has 0 saturated heterocycles. The van der Waals surface area contributed by atoms with Gasteiger partial charge >= 0.3 is 0 Å². The highest BCUT2D eigenvalue weighted by Crippen LogP contribution is 2.36. The third-order valence-corrected chi connectivity index (χ3v) is 5.68. The van der Waals surface area contributed by atoms with Gasteiger partial charge in [-0.1, -0.05) is 6.07 Å². The summed E-state index contributed by atoms with van der Waals surface area (Å²) in [6.07, 6.45) is 2.56. The summed E-state index contributed by atoms with van der Waals surface area (Å²) in [5, 5.41) is 2.04. The minimum Gasteiger partial charge on any atom is -0.486 e. The Kier molecular flexibility index (Phi) is 6.06. The van der Waals surface area contributed by atoms with Crippen LogP contribution in [0.4, 0.5) is 5.69 Å². The highest BCUT2D eigenvalue weighted by Gasteiger charge is 2.32. The lowest BCUT2D eigenvalue weighted by molar-refractivity contribution is -0.122. The van der Waals surface area contributed by atoms with Crippen LogP contribution in [0, 0.1) is 5.92 Å². The highest BCUT2D eigenvalue weighted by atomic mass is 35.5. The van der Waals surface area contributed by atoms with Gasteiger partial charge in [0.2, 0.25) is 5.91 Å². The average Bonchev–Trinajstić information content (AvgIpc) is 3.30. The maximum Gasteiger partial charge on any atom is 0.230 e. The van der Waals surface area contributed by atoms with Gasteiger partial charge in [-0.25, -0.2) is 0 Å². The third-order valence-electron chi connectivity index (χ3n) is 4.82. The molecule has 1 aliphatic carbocycles. The summed E-state index contributed by atoms with van der Waals surface area (Å²) in [4.78, 5) is 16.2. The van der Waals surface area contributed by atoms with Gasteiger partial charge in [-0.15, -0.1) is 23.7 Å². The van der Waals surface area contributed by atoms with Crippen LogP contribution < -0.4 is 20.1 Å². The average molecular weight is 395 g/mol. The Bertz CT molecular complexity index is 753. The molecule has 2 atom stereocenters. The van der Waals surface area contributed by atoms with Gasteiger partial charge in [0.1, 0.15) is 13.2 Å². The first kappa shape index (κ1) is 19.0. The van der Waals surface area contributed by atoms with Crippen molar-refractivity contribution in [3.63, 3.8) is 0 Å². The summed E-state index contributed by atoms with van der Waals surface area (Å²) in [6.45, 7) is 1.67. The molecule has 0 spiro atoms. The largest absolute Gasteiger partial charge is 0.486 e. The number of rotatable bonds is 4. The van der Waals surface area contributed by atoms with E-state index in [1.165, 1.54) is 0 Å². The summed E-state index contributed by atoms with van der Waals surface area (Å²) in [5.74, 6) is 1.60. The molecule has 7 heteroatoms. The molecule has 0 radical (unpaired) electrons. The van der Waals surface area contributed by atoms with Gasteiger partial charge in [-0.05, 0) is 42.8 Å². The van der Waals surface area contributed by atoms with Gasteiger partial charge in [0.05, 0.1) is 6.54 Å². The number of nitrogens with two attached hydrogens (primary N) is 1. The molecule has 1 aromatic heterocycles. The van der Waals surface area contributed by atoms with E-state index in [1.807, 2.05) is 34.5 Å². The van der Waals surface area contributed by atoms with Crippen LogP contribution in [0.5, 0.6) is 11.5 Å². The van der Waals surface area contributed by atoms with Crippen molar-refractivity contribution in [3.8, 4) is 11.5 Å². The Hall–Kier alpha value is -1.76. The van der Waals surface area contributed by atoms with E-state index < -0.39 is 0 Å². The van der Waals surface area contributed by atoms with E-state index in [0.29, 0.717) is 25.5 Å². The quantitative estimate of drug-likeness (QED) is 0.860. The van der Waals surface area contributed by atoms with Crippen molar-refractivity contribution in [2.75, 3.05) is 18.1 Å². The number of amides is 1. The molecule has 1 aromatic carbocycles. The zero-order valence-electron chi connectivity index (χ0n) is 14.4. The molecular formula is C19H23ClN2O3S. The first-order valence-corrected chi connectivity index (χ1v) is 9.57. The fourth-order valence-electron chi connectivity index (χ4n) is 3.52. The number of thiophene rings is 1. The van der Waals surface area contributed by atoms with Crippen LogP contribution in [0.3, 0.4) is 0 Å². The van der Waals surface area contributed by atoms with Crippen LogP contribution in [0.2, 0.25) is 0 Å². The Morgan fingerprint density at radius 3 is 2.69 bits per heavy atom. The van der Waals surface area contributed by atoms with Crippen molar-refractivity contribution in [3.05, 3.63) is 40.6 Å². The summed E-state index contributed by atoms with van der Waals surface area (Å²) < 4.78 is 11.3. The molecule has 1 aliphatic heterocycles. The fraction of sp³-hybridized carbons (Fsp3) is 0.421. The minimum absolute atomic E-state index is 0. The molecule has 1 amide bonds. The SMILES string of the molecule is Cl.NC1CCC(C(=O)N(Cc2cccs2)c2ccc3c(c2)OCCO3)C1. The Balaban J connectivity index is 0.00000196. The number of halogens is 1. The van der Waals surface area contributed by atoms with Gasteiger partial charge in [0.25, 0.3) is 0 Å². The lowest BCUT2D eigenvalue weighted by Crippen LogP contribution is -2.35. The number of nitrogens with zero attached hydrogens (tertiary/aromatic N) is 1. The summed E-state index contributed by atoms with van der Waals surface area (Å²) >= 11 is 1.66. The summed E-state index contributed by atoms with van der Waals surface area (Å²) in [6, 6.07) is 9.95. The van der Waals surface area contributed by atoms with Crippen LogP contribution in [-0.2, 0) is 11.3 Å². The Morgan fingerprint density at radius 2 is 2.00 bits per heavy atom. The zero-order chi connectivity index (χ0) is 17.2. The Morgan fingerprint density at radius 1 is 1.19 bits per heavy atom. The predicted octanol–water partition coefficient (Wildman–Crippen LogP) is 3.60. The summed E-state index contributed by atoms with van der Waals surface area (Å²) in [5.41, 5.74) is 6.87. The van der Waals surface area contributed by atoms with Gasteiger partial charge in [-0.3, -0.25) is 4.79 Å². The lowest BCUT2D eigenvalue weighted by Gasteiger charge is -2.27. The molecule has 2 unspecified atom stereocenters. The standard InChI is InChI=1S/C19H22N2O3S.ClH/c20-14-4-3-13(10-14)19(22)21(12-16-2-1-9-25-16)15-5-6-17-18(11-15)24-8-7-23-17;/h1-2,5-6,9,11,13-14H,3-4,7-8,10,12,20H2;1H. The van der Waals surface area contributed by atoms with Crippen molar-refractivity contribution in [2.24, 2.45) is 11.7 Å². The number of hydrogen-bond donors (Lipinski definition) is 1. The molecule has 2 N–H and O–H groups in total. The third kappa shape index (κ3) is 3.98. The van der Waals surface area contributed by atoms with E-state index in [0.717, 1.165) is 35.6 Å². The number of carbonyl (C=O) groups excluding carboxylic acids is 1. The molecule has 4 rings (SSSR count). The topological polar surface area (TPSA) is 64.8 Å². The van der Waals surface area contributed by atoms with Crippen molar-refractivity contribution in [2.45, 2.75) is 31.8 Å². The monoisotopic (exact) mass is 394 g/mol. The Labute approximate surface area is 163 Å². The molecule has 26 heavy (non-hydrogen) atoms. The molecule has 1 saturated carbocycles. The van der Waals surface area contributed by atoms with Gasteiger partial charge in [0.15, 0.2) is 11.5 Å². The number of fused-ring (bicyclic) bond motifs is 1. The van der Waals surface area contributed by atoms with E-state index in [-0.39, 0.29) is 30.3 Å². The molecule has 0 bridgehead atoms. The number of benzene rings is 1. The fourth-order valence-corrected chi connectivity index (χ4v) is 4.21. The van der Waals surface area contributed by atoms with Crippen molar-refractivity contribution < 1.29 is 14.3 Å². The van der Waals surface area contributed by atoms with Crippen molar-refractivity contribution in [1.82, 2.24) is 0 Å². The van der Waals surface area contributed by atoms with Crippen LogP contribution in [-0.4, -0.2) is 25.2 Å². The number of hydrogen-bond acceptors (Lipinski definition) is 5. The minimum atomic E-state index is 0. The van der Waals surface area contributed by atoms with Gasteiger partial charge < -0.3 is 20.1 Å². The van der Waals surface area contributed by atoms with Crippen LogP contribution in [0.25, 0.3) is 0 Å².